The molecule has 0 unspecified atom stereocenters. The molecule has 118 valence electrons. The molecule has 3 aromatic rings. The van der Waals surface area contributed by atoms with Gasteiger partial charge in [0.25, 0.3) is 15.9 Å². The molecule has 0 aliphatic heterocycles. The second-order valence-electron chi connectivity index (χ2n) is 5.16. The van der Waals surface area contributed by atoms with Gasteiger partial charge in [-0.1, -0.05) is 12.1 Å². The van der Waals surface area contributed by atoms with Crippen LogP contribution in [0.15, 0.2) is 59.6 Å². The van der Waals surface area contributed by atoms with Crippen molar-refractivity contribution in [3.63, 3.8) is 0 Å². The molecular formula is C16H15N3O3S. The molecule has 0 fully saturated rings. The van der Waals surface area contributed by atoms with Crippen LogP contribution >= 0.6 is 0 Å². The number of aryl methyl sites for hydroxylation is 1. The Labute approximate surface area is 133 Å². The van der Waals surface area contributed by atoms with Gasteiger partial charge in [0, 0.05) is 22.7 Å². The van der Waals surface area contributed by atoms with E-state index in [0.717, 1.165) is 16.5 Å². The molecule has 0 spiro atoms. The molecule has 1 heterocycles. The third kappa shape index (κ3) is 3.25. The van der Waals surface area contributed by atoms with Crippen molar-refractivity contribution in [2.75, 3.05) is 0 Å². The number of aromatic nitrogens is 1. The zero-order valence-corrected chi connectivity index (χ0v) is 13.1. The molecule has 2 aromatic carbocycles. The van der Waals surface area contributed by atoms with Crippen LogP contribution in [-0.4, -0.2) is 19.3 Å². The minimum atomic E-state index is -3.81. The lowest BCUT2D eigenvalue weighted by molar-refractivity contribution is 0.0945. The zero-order chi connectivity index (χ0) is 16.4. The monoisotopic (exact) mass is 329 g/mol. The second kappa shape index (κ2) is 5.86. The highest BCUT2D eigenvalue weighted by molar-refractivity contribution is 7.89. The molecule has 0 saturated heterocycles. The Morgan fingerprint density at radius 3 is 2.70 bits per heavy atom. The van der Waals surface area contributed by atoms with Crippen LogP contribution in [-0.2, 0) is 10.0 Å². The summed E-state index contributed by atoms with van der Waals surface area (Å²) < 4.78 is 24.3. The summed E-state index contributed by atoms with van der Waals surface area (Å²) in [6.45, 7) is 1.80. The van der Waals surface area contributed by atoms with E-state index in [2.05, 4.69) is 15.2 Å². The minimum absolute atomic E-state index is 0.0962. The number of fused-ring (bicyclic) bond motifs is 1. The summed E-state index contributed by atoms with van der Waals surface area (Å²) in [5.41, 5.74) is 4.31. The molecule has 3 rings (SSSR count). The molecule has 7 heteroatoms. The standard InChI is InChI=1S/C16H15N3O3S/c1-11-3-2-4-14(9-11)23(21,22)19-18-16(20)13-5-6-15-12(10-13)7-8-17-15/h2-10,17,19H,1H3,(H,18,20). The van der Waals surface area contributed by atoms with Gasteiger partial charge in [0.2, 0.25) is 0 Å². The van der Waals surface area contributed by atoms with E-state index in [-0.39, 0.29) is 4.90 Å². The van der Waals surface area contributed by atoms with Crippen molar-refractivity contribution in [3.8, 4) is 0 Å². The van der Waals surface area contributed by atoms with E-state index in [1.165, 1.54) is 12.1 Å². The Kier molecular flexibility index (Phi) is 3.89. The summed E-state index contributed by atoms with van der Waals surface area (Å²) in [5, 5.41) is 0.874. The summed E-state index contributed by atoms with van der Waals surface area (Å²) in [4.78, 5) is 17.3. The van der Waals surface area contributed by atoms with Gasteiger partial charge in [-0.25, -0.2) is 8.42 Å². The average molecular weight is 329 g/mol. The van der Waals surface area contributed by atoms with Crippen molar-refractivity contribution in [1.29, 1.82) is 0 Å². The first-order chi connectivity index (χ1) is 11.0. The number of sulfonamides is 1. The normalized spacial score (nSPS) is 11.5. The molecule has 0 radical (unpaired) electrons. The molecule has 1 aromatic heterocycles. The van der Waals surface area contributed by atoms with Gasteiger partial charge < -0.3 is 4.98 Å². The van der Waals surface area contributed by atoms with Crippen molar-refractivity contribution >= 4 is 26.8 Å². The summed E-state index contributed by atoms with van der Waals surface area (Å²) in [7, 11) is -3.81. The average Bonchev–Trinajstić information content (AvgIpc) is 3.00. The van der Waals surface area contributed by atoms with Gasteiger partial charge >= 0.3 is 0 Å². The van der Waals surface area contributed by atoms with Gasteiger partial charge in [-0.05, 0) is 48.9 Å². The molecule has 0 aliphatic rings. The number of hydrogen-bond donors (Lipinski definition) is 3. The highest BCUT2D eigenvalue weighted by Crippen LogP contribution is 2.14. The summed E-state index contributed by atoms with van der Waals surface area (Å²) in [5.74, 6) is -0.524. The molecular weight excluding hydrogens is 314 g/mol. The van der Waals surface area contributed by atoms with Crippen LogP contribution in [0.5, 0.6) is 0 Å². The van der Waals surface area contributed by atoms with Crippen molar-refractivity contribution in [3.05, 3.63) is 65.9 Å². The van der Waals surface area contributed by atoms with Crippen molar-refractivity contribution in [1.82, 2.24) is 15.2 Å². The number of carbonyl (C=O) groups excluding carboxylic acids is 1. The largest absolute Gasteiger partial charge is 0.361 e. The Hall–Kier alpha value is -2.64. The van der Waals surface area contributed by atoms with Crippen molar-refractivity contribution in [2.24, 2.45) is 0 Å². The highest BCUT2D eigenvalue weighted by atomic mass is 32.2. The number of aromatic amines is 1. The van der Waals surface area contributed by atoms with E-state index in [1.54, 1.807) is 43.5 Å². The zero-order valence-electron chi connectivity index (χ0n) is 12.3. The van der Waals surface area contributed by atoms with E-state index in [9.17, 15) is 13.2 Å². The van der Waals surface area contributed by atoms with Crippen LogP contribution in [0.25, 0.3) is 10.9 Å². The van der Waals surface area contributed by atoms with Gasteiger partial charge in [0.15, 0.2) is 0 Å². The topological polar surface area (TPSA) is 91.1 Å². The molecule has 0 aliphatic carbocycles. The van der Waals surface area contributed by atoms with Crippen LogP contribution in [0, 0.1) is 6.92 Å². The predicted molar refractivity (Wildman–Crippen MR) is 87.3 cm³/mol. The van der Waals surface area contributed by atoms with Gasteiger partial charge in [0.1, 0.15) is 0 Å². The van der Waals surface area contributed by atoms with E-state index < -0.39 is 15.9 Å². The maximum Gasteiger partial charge on any atom is 0.266 e. The van der Waals surface area contributed by atoms with E-state index in [1.807, 2.05) is 6.07 Å². The molecule has 1 amide bonds. The van der Waals surface area contributed by atoms with Crippen LogP contribution in [0.1, 0.15) is 15.9 Å². The van der Waals surface area contributed by atoms with Gasteiger partial charge in [-0.15, -0.1) is 4.83 Å². The Morgan fingerprint density at radius 1 is 1.09 bits per heavy atom. The molecule has 0 atom stereocenters. The number of H-pyrrole nitrogens is 1. The quantitative estimate of drug-likeness (QED) is 0.640. The Balaban J connectivity index is 1.75. The van der Waals surface area contributed by atoms with E-state index >= 15 is 0 Å². The number of rotatable bonds is 4. The second-order valence-corrected chi connectivity index (χ2v) is 6.84. The van der Waals surface area contributed by atoms with Gasteiger partial charge in [-0.3, -0.25) is 10.2 Å². The molecule has 0 saturated carbocycles. The lowest BCUT2D eigenvalue weighted by Crippen LogP contribution is -2.41. The maximum atomic E-state index is 12.2. The van der Waals surface area contributed by atoms with Crippen LogP contribution in [0.4, 0.5) is 0 Å². The first kappa shape index (κ1) is 15.3. The smallest absolute Gasteiger partial charge is 0.266 e. The van der Waals surface area contributed by atoms with E-state index in [0.29, 0.717) is 5.56 Å². The number of hydrazine groups is 1. The molecule has 23 heavy (non-hydrogen) atoms. The first-order valence-corrected chi connectivity index (χ1v) is 8.40. The lowest BCUT2D eigenvalue weighted by Gasteiger charge is -2.09. The van der Waals surface area contributed by atoms with E-state index in [4.69, 9.17) is 0 Å². The predicted octanol–water partition coefficient (Wildman–Crippen LogP) is 2.10. The van der Waals surface area contributed by atoms with Crippen molar-refractivity contribution in [2.45, 2.75) is 11.8 Å². The fraction of sp³-hybridized carbons (Fsp3) is 0.0625. The lowest BCUT2D eigenvalue weighted by atomic mass is 10.1. The first-order valence-electron chi connectivity index (χ1n) is 6.92. The summed E-state index contributed by atoms with van der Waals surface area (Å²) in [6, 6.07) is 13.3. The van der Waals surface area contributed by atoms with Crippen LogP contribution in [0.2, 0.25) is 0 Å². The maximum absolute atomic E-state index is 12.2. The molecule has 3 N–H and O–H groups in total. The number of amides is 1. The fourth-order valence-electron chi connectivity index (χ4n) is 2.22. The third-order valence-electron chi connectivity index (χ3n) is 3.41. The van der Waals surface area contributed by atoms with Gasteiger partial charge in [-0.2, -0.15) is 0 Å². The number of benzene rings is 2. The molecule has 0 bridgehead atoms. The molecule has 6 nitrogen and oxygen atoms in total. The Morgan fingerprint density at radius 2 is 1.91 bits per heavy atom. The van der Waals surface area contributed by atoms with Crippen molar-refractivity contribution < 1.29 is 13.2 Å². The Bertz CT molecular complexity index is 977. The summed E-state index contributed by atoms with van der Waals surface area (Å²) >= 11 is 0. The highest BCUT2D eigenvalue weighted by Gasteiger charge is 2.16. The summed E-state index contributed by atoms with van der Waals surface area (Å²) in [6.07, 6.45) is 1.77. The van der Waals surface area contributed by atoms with Gasteiger partial charge in [0.05, 0.1) is 4.90 Å². The third-order valence-corrected chi connectivity index (χ3v) is 4.66. The van der Waals surface area contributed by atoms with Crippen LogP contribution in [0.3, 0.4) is 0 Å². The van der Waals surface area contributed by atoms with Crippen LogP contribution < -0.4 is 10.3 Å². The number of nitrogens with one attached hydrogen (secondary N) is 3. The fourth-order valence-corrected chi connectivity index (χ4v) is 3.17. The SMILES string of the molecule is Cc1cccc(S(=O)(=O)NNC(=O)c2ccc3[nH]ccc3c2)c1. The number of hydrogen-bond acceptors (Lipinski definition) is 3. The number of carbonyl (C=O) groups is 1. The minimum Gasteiger partial charge on any atom is -0.361 e.